The maximum Gasteiger partial charge on any atom is 0.315 e. The number of carbonyl (C=O) groups excluding carboxylic acids is 1. The zero-order valence-electron chi connectivity index (χ0n) is 24.1. The van der Waals surface area contributed by atoms with Gasteiger partial charge < -0.3 is 24.3 Å². The Balaban J connectivity index is 1.22. The highest BCUT2D eigenvalue weighted by Crippen LogP contribution is 2.30. The second-order valence-corrected chi connectivity index (χ2v) is 10.6. The summed E-state index contributed by atoms with van der Waals surface area (Å²) >= 11 is 0. The summed E-state index contributed by atoms with van der Waals surface area (Å²) in [6.45, 7) is 12.6. The SMILES string of the molecule is CCNc1nnc(-c2cnc(N3C[C@H](CC)N(C4CCN(C(=O)c5ccc(OC)cc5)CC4)C[C@H]3C)c(C)n2)o1. The van der Waals surface area contributed by atoms with Crippen LogP contribution in [0.4, 0.5) is 11.8 Å². The summed E-state index contributed by atoms with van der Waals surface area (Å²) in [5.74, 6) is 2.12. The molecule has 2 saturated heterocycles. The van der Waals surface area contributed by atoms with E-state index in [1.54, 1.807) is 13.3 Å². The van der Waals surface area contributed by atoms with Gasteiger partial charge in [0, 0.05) is 56.4 Å². The Labute approximate surface area is 235 Å². The van der Waals surface area contributed by atoms with Crippen LogP contribution in [0.25, 0.3) is 11.6 Å². The number of hydrogen-bond donors (Lipinski definition) is 1. The number of amides is 1. The van der Waals surface area contributed by atoms with E-state index in [9.17, 15) is 4.79 Å². The van der Waals surface area contributed by atoms with Crippen molar-refractivity contribution >= 4 is 17.7 Å². The smallest absolute Gasteiger partial charge is 0.315 e. The number of carbonyl (C=O) groups is 1. The van der Waals surface area contributed by atoms with Crippen LogP contribution in [0.5, 0.6) is 5.75 Å². The van der Waals surface area contributed by atoms with E-state index in [1.165, 1.54) is 0 Å². The van der Waals surface area contributed by atoms with Crippen LogP contribution in [0.1, 0.15) is 56.1 Å². The number of aromatic nitrogens is 4. The van der Waals surface area contributed by atoms with Crippen molar-refractivity contribution in [3.8, 4) is 17.3 Å². The minimum absolute atomic E-state index is 0.0993. The van der Waals surface area contributed by atoms with Crippen molar-refractivity contribution in [2.24, 2.45) is 0 Å². The molecule has 1 aromatic carbocycles. The first-order valence-corrected chi connectivity index (χ1v) is 14.3. The molecule has 3 aromatic rings. The summed E-state index contributed by atoms with van der Waals surface area (Å²) in [4.78, 5) is 29.7. The molecule has 2 fully saturated rings. The molecule has 2 aliphatic heterocycles. The number of nitrogens with zero attached hydrogens (tertiary/aromatic N) is 7. The number of hydrogen-bond acceptors (Lipinski definition) is 10. The summed E-state index contributed by atoms with van der Waals surface area (Å²) < 4.78 is 10.9. The number of benzene rings is 1. The molecule has 40 heavy (non-hydrogen) atoms. The Bertz CT molecular complexity index is 1290. The van der Waals surface area contributed by atoms with Gasteiger partial charge in [0.15, 0.2) is 0 Å². The van der Waals surface area contributed by atoms with Gasteiger partial charge in [-0.15, -0.1) is 5.10 Å². The predicted molar refractivity (Wildman–Crippen MR) is 154 cm³/mol. The van der Waals surface area contributed by atoms with Crippen molar-refractivity contribution in [1.82, 2.24) is 30.0 Å². The third-order valence-corrected chi connectivity index (χ3v) is 8.08. The Morgan fingerprint density at radius 2 is 1.88 bits per heavy atom. The van der Waals surface area contributed by atoms with Gasteiger partial charge in [-0.1, -0.05) is 12.0 Å². The van der Waals surface area contributed by atoms with Crippen molar-refractivity contribution in [2.45, 2.75) is 65.1 Å². The molecule has 214 valence electrons. The second-order valence-electron chi connectivity index (χ2n) is 10.6. The van der Waals surface area contributed by atoms with Gasteiger partial charge in [0.25, 0.3) is 11.8 Å². The van der Waals surface area contributed by atoms with Crippen molar-refractivity contribution < 1.29 is 13.9 Å². The van der Waals surface area contributed by atoms with E-state index >= 15 is 0 Å². The van der Waals surface area contributed by atoms with Gasteiger partial charge >= 0.3 is 6.01 Å². The molecule has 0 bridgehead atoms. The van der Waals surface area contributed by atoms with Crippen LogP contribution < -0.4 is 15.0 Å². The Hall–Kier alpha value is -3.73. The molecule has 2 aromatic heterocycles. The van der Waals surface area contributed by atoms with E-state index in [-0.39, 0.29) is 11.9 Å². The predicted octanol–water partition coefficient (Wildman–Crippen LogP) is 3.87. The van der Waals surface area contributed by atoms with Gasteiger partial charge in [0.05, 0.1) is 19.0 Å². The zero-order valence-corrected chi connectivity index (χ0v) is 24.1. The Morgan fingerprint density at radius 3 is 2.52 bits per heavy atom. The van der Waals surface area contributed by atoms with E-state index < -0.39 is 0 Å². The highest BCUT2D eigenvalue weighted by atomic mass is 16.5. The van der Waals surface area contributed by atoms with Gasteiger partial charge in [-0.2, -0.15) is 0 Å². The lowest BCUT2D eigenvalue weighted by Gasteiger charge is -2.50. The van der Waals surface area contributed by atoms with Crippen LogP contribution in [0.3, 0.4) is 0 Å². The van der Waals surface area contributed by atoms with Gasteiger partial charge in [0.2, 0.25) is 0 Å². The molecule has 5 rings (SSSR count). The van der Waals surface area contributed by atoms with Crippen molar-refractivity contribution in [3.05, 3.63) is 41.7 Å². The van der Waals surface area contributed by atoms with E-state index in [2.05, 4.69) is 39.2 Å². The van der Waals surface area contributed by atoms with Crippen LogP contribution in [0.2, 0.25) is 0 Å². The molecule has 1 amide bonds. The van der Waals surface area contributed by atoms with Crippen LogP contribution in [0.15, 0.2) is 34.9 Å². The summed E-state index contributed by atoms with van der Waals surface area (Å²) in [6, 6.07) is 8.92. The van der Waals surface area contributed by atoms with Gasteiger partial charge in [-0.25, -0.2) is 9.97 Å². The average molecular weight is 549 g/mol. The van der Waals surface area contributed by atoms with Crippen LogP contribution in [-0.4, -0.2) is 93.8 Å². The summed E-state index contributed by atoms with van der Waals surface area (Å²) in [7, 11) is 1.63. The molecule has 0 saturated carbocycles. The lowest BCUT2D eigenvalue weighted by molar-refractivity contribution is 0.0434. The molecule has 2 aliphatic rings. The fraction of sp³-hybridized carbons (Fsp3) is 0.552. The molecule has 0 spiro atoms. The maximum atomic E-state index is 13.1. The van der Waals surface area contributed by atoms with Gasteiger partial charge in [-0.05, 0) is 64.3 Å². The third kappa shape index (κ3) is 5.74. The molecule has 11 heteroatoms. The number of piperazine rings is 1. The fourth-order valence-corrected chi connectivity index (χ4v) is 5.90. The molecule has 1 N–H and O–H groups in total. The molecular weight excluding hydrogens is 508 g/mol. The lowest BCUT2D eigenvalue weighted by Crippen LogP contribution is -2.62. The lowest BCUT2D eigenvalue weighted by atomic mass is 9.96. The van der Waals surface area contributed by atoms with Crippen LogP contribution >= 0.6 is 0 Å². The summed E-state index contributed by atoms with van der Waals surface area (Å²) in [5, 5.41) is 11.1. The van der Waals surface area contributed by atoms with Crippen molar-refractivity contribution in [1.29, 1.82) is 0 Å². The number of likely N-dealkylation sites (tertiary alicyclic amines) is 1. The van der Waals surface area contributed by atoms with E-state index in [0.717, 1.165) is 62.7 Å². The number of anilines is 2. The molecule has 2 atom stereocenters. The second kappa shape index (κ2) is 12.2. The molecule has 4 heterocycles. The van der Waals surface area contributed by atoms with Crippen LogP contribution in [-0.2, 0) is 0 Å². The molecule has 11 nitrogen and oxygen atoms in total. The highest BCUT2D eigenvalue weighted by molar-refractivity contribution is 5.94. The van der Waals surface area contributed by atoms with Crippen LogP contribution in [0, 0.1) is 6.92 Å². The summed E-state index contributed by atoms with van der Waals surface area (Å²) in [5.41, 5.74) is 2.14. The van der Waals surface area contributed by atoms with Gasteiger partial charge in [-0.3, -0.25) is 9.69 Å². The average Bonchev–Trinajstić information content (AvgIpc) is 3.46. The first-order valence-electron chi connectivity index (χ1n) is 14.3. The fourth-order valence-electron chi connectivity index (χ4n) is 5.90. The van der Waals surface area contributed by atoms with Gasteiger partial charge in [0.1, 0.15) is 17.3 Å². The largest absolute Gasteiger partial charge is 0.497 e. The molecule has 0 unspecified atom stereocenters. The molecular formula is C29H40N8O3. The summed E-state index contributed by atoms with van der Waals surface area (Å²) in [6.07, 6.45) is 4.74. The third-order valence-electron chi connectivity index (χ3n) is 8.08. The number of rotatable bonds is 8. The van der Waals surface area contributed by atoms with Crippen molar-refractivity contribution in [3.63, 3.8) is 0 Å². The number of aryl methyl sites for hydroxylation is 1. The Kier molecular flexibility index (Phi) is 8.49. The molecule has 0 aliphatic carbocycles. The number of piperidine rings is 1. The van der Waals surface area contributed by atoms with E-state index in [4.69, 9.17) is 19.1 Å². The standard InChI is InChI=1S/C29H40N8O3/c1-6-22-18-36(26-20(4)32-25(16-31-26)27-33-34-29(40-27)30-7-2)19(3)17-37(22)23-12-14-35(15-13-23)28(38)21-8-10-24(39-5)11-9-21/h8-11,16,19,22-23H,6-7,12-15,17-18H2,1-5H3,(H,30,34)/t19-,22+/m1/s1. The number of ether oxygens (including phenoxy) is 1. The Morgan fingerprint density at radius 1 is 1.12 bits per heavy atom. The number of nitrogens with one attached hydrogen (secondary N) is 1. The topological polar surface area (TPSA) is 113 Å². The minimum Gasteiger partial charge on any atom is -0.497 e. The first-order chi connectivity index (χ1) is 19.4. The first kappa shape index (κ1) is 27.8. The monoisotopic (exact) mass is 548 g/mol. The van der Waals surface area contributed by atoms with Crippen molar-refractivity contribution in [2.75, 3.05) is 50.1 Å². The normalized spacial score (nSPS) is 20.5. The zero-order chi connectivity index (χ0) is 28.2. The van der Waals surface area contributed by atoms with E-state index in [1.807, 2.05) is 43.0 Å². The minimum atomic E-state index is 0.0993. The molecule has 0 radical (unpaired) electrons. The highest BCUT2D eigenvalue weighted by Gasteiger charge is 2.37. The van der Waals surface area contributed by atoms with E-state index in [0.29, 0.717) is 41.8 Å². The number of methoxy groups -OCH3 is 1. The maximum absolute atomic E-state index is 13.1. The quantitative estimate of drug-likeness (QED) is 0.445.